The van der Waals surface area contributed by atoms with Gasteiger partial charge in [0.2, 0.25) is 0 Å². The van der Waals surface area contributed by atoms with E-state index < -0.39 is 0 Å². The van der Waals surface area contributed by atoms with E-state index in [2.05, 4.69) is 6.92 Å². The third-order valence-corrected chi connectivity index (χ3v) is 4.09. The second-order valence-electron chi connectivity index (χ2n) is 6.44. The molecule has 0 saturated carbocycles. The average molecular weight is 366 g/mol. The summed E-state index contributed by atoms with van der Waals surface area (Å²) in [5.74, 6) is -0.859. The number of hydrogen-bond donors (Lipinski definition) is 0. The van der Waals surface area contributed by atoms with Crippen LogP contribution >= 0.6 is 0 Å². The summed E-state index contributed by atoms with van der Waals surface area (Å²) in [4.78, 5) is 23.2. The number of ether oxygens (including phenoxy) is 2. The number of carbonyl (C=O) groups excluding carboxylic acids is 2. The van der Waals surface area contributed by atoms with E-state index in [1.807, 2.05) is 0 Å². The van der Waals surface area contributed by atoms with E-state index in [-0.39, 0.29) is 37.2 Å². The maximum Gasteiger partial charge on any atom is 0.305 e. The van der Waals surface area contributed by atoms with Crippen molar-refractivity contribution in [3.63, 3.8) is 0 Å². The Morgan fingerprint density at radius 1 is 0.808 bits per heavy atom. The van der Waals surface area contributed by atoms with Gasteiger partial charge in [-0.25, -0.2) is 4.39 Å². The standard InChI is InChI=1S/C21H31FO4/c1-2-3-4-5-6-7-16-25-20(23)9-8-10-21(24)26-17-15-18-11-13-19(22)14-12-18/h11-14H,2-10,15-17H2,1H3. The minimum atomic E-state index is -0.323. The molecule has 0 fully saturated rings. The number of carbonyl (C=O) groups is 2. The topological polar surface area (TPSA) is 52.6 Å². The van der Waals surface area contributed by atoms with E-state index in [0.29, 0.717) is 19.4 Å². The summed E-state index contributed by atoms with van der Waals surface area (Å²) in [5, 5.41) is 0. The fourth-order valence-electron chi connectivity index (χ4n) is 2.52. The highest BCUT2D eigenvalue weighted by atomic mass is 19.1. The number of rotatable bonds is 14. The smallest absolute Gasteiger partial charge is 0.305 e. The van der Waals surface area contributed by atoms with Crippen molar-refractivity contribution in [3.05, 3.63) is 35.6 Å². The van der Waals surface area contributed by atoms with E-state index in [0.717, 1.165) is 18.4 Å². The minimum Gasteiger partial charge on any atom is -0.466 e. The maximum atomic E-state index is 12.8. The van der Waals surface area contributed by atoms with Crippen LogP contribution in [0.25, 0.3) is 0 Å². The first-order chi connectivity index (χ1) is 12.6. The number of benzene rings is 1. The lowest BCUT2D eigenvalue weighted by Crippen LogP contribution is -2.10. The van der Waals surface area contributed by atoms with Crippen LogP contribution in [-0.2, 0) is 25.5 Å². The minimum absolute atomic E-state index is 0.204. The predicted molar refractivity (Wildman–Crippen MR) is 99.2 cm³/mol. The van der Waals surface area contributed by atoms with Gasteiger partial charge in [-0.15, -0.1) is 0 Å². The molecule has 0 heterocycles. The lowest BCUT2D eigenvalue weighted by Gasteiger charge is -2.06. The van der Waals surface area contributed by atoms with Gasteiger partial charge in [-0.1, -0.05) is 51.2 Å². The van der Waals surface area contributed by atoms with Crippen molar-refractivity contribution in [2.75, 3.05) is 13.2 Å². The van der Waals surface area contributed by atoms with Crippen LogP contribution in [0.4, 0.5) is 4.39 Å². The predicted octanol–water partition coefficient (Wildman–Crippen LogP) is 4.99. The molecule has 1 rings (SSSR count). The molecule has 0 atom stereocenters. The van der Waals surface area contributed by atoms with Crippen LogP contribution in [0.15, 0.2) is 24.3 Å². The third-order valence-electron chi connectivity index (χ3n) is 4.09. The van der Waals surface area contributed by atoms with Gasteiger partial charge in [-0.05, 0) is 30.5 Å². The molecule has 0 radical (unpaired) electrons. The van der Waals surface area contributed by atoms with Crippen molar-refractivity contribution in [1.82, 2.24) is 0 Å². The van der Waals surface area contributed by atoms with Gasteiger partial charge >= 0.3 is 11.9 Å². The van der Waals surface area contributed by atoms with Crippen molar-refractivity contribution in [3.8, 4) is 0 Å². The fourth-order valence-corrected chi connectivity index (χ4v) is 2.52. The Kier molecular flexibility index (Phi) is 12.2. The number of esters is 2. The average Bonchev–Trinajstić information content (AvgIpc) is 2.62. The van der Waals surface area contributed by atoms with Gasteiger partial charge in [0.1, 0.15) is 5.82 Å². The molecule has 0 aliphatic carbocycles. The molecule has 1 aromatic carbocycles. The van der Waals surface area contributed by atoms with E-state index >= 15 is 0 Å². The number of hydrogen-bond acceptors (Lipinski definition) is 4. The first-order valence-electron chi connectivity index (χ1n) is 9.67. The van der Waals surface area contributed by atoms with Crippen molar-refractivity contribution < 1.29 is 23.5 Å². The van der Waals surface area contributed by atoms with Crippen molar-refractivity contribution >= 4 is 11.9 Å². The molecular weight excluding hydrogens is 335 g/mol. The molecular formula is C21H31FO4. The first-order valence-corrected chi connectivity index (χ1v) is 9.67. The van der Waals surface area contributed by atoms with Crippen molar-refractivity contribution in [1.29, 1.82) is 0 Å². The quantitative estimate of drug-likeness (QED) is 0.344. The van der Waals surface area contributed by atoms with E-state index in [9.17, 15) is 14.0 Å². The number of halogens is 1. The van der Waals surface area contributed by atoms with Crippen molar-refractivity contribution in [2.45, 2.75) is 71.1 Å². The molecule has 146 valence electrons. The Morgan fingerprint density at radius 3 is 2.04 bits per heavy atom. The Labute approximate surface area is 156 Å². The molecule has 0 aliphatic heterocycles. The summed E-state index contributed by atoms with van der Waals surface area (Å²) in [5.41, 5.74) is 0.914. The summed E-state index contributed by atoms with van der Waals surface area (Å²) in [6.07, 6.45) is 8.34. The summed E-state index contributed by atoms with van der Waals surface area (Å²) < 4.78 is 23.1. The van der Waals surface area contributed by atoms with Gasteiger partial charge < -0.3 is 9.47 Å². The van der Waals surface area contributed by atoms with Crippen LogP contribution in [0, 0.1) is 5.82 Å². The van der Waals surface area contributed by atoms with Crippen molar-refractivity contribution in [2.24, 2.45) is 0 Å². The highest BCUT2D eigenvalue weighted by Gasteiger charge is 2.07. The number of unbranched alkanes of at least 4 members (excludes halogenated alkanes) is 5. The molecule has 0 unspecified atom stereocenters. The van der Waals surface area contributed by atoms with Crippen LogP contribution < -0.4 is 0 Å². The molecule has 0 bridgehead atoms. The highest BCUT2D eigenvalue weighted by molar-refractivity contribution is 5.72. The van der Waals surface area contributed by atoms with Gasteiger partial charge in [0, 0.05) is 19.3 Å². The Balaban J connectivity index is 1.96. The first kappa shape index (κ1) is 22.1. The van der Waals surface area contributed by atoms with Gasteiger partial charge in [0.05, 0.1) is 13.2 Å². The highest BCUT2D eigenvalue weighted by Crippen LogP contribution is 2.07. The van der Waals surface area contributed by atoms with Gasteiger partial charge in [-0.3, -0.25) is 9.59 Å². The molecule has 0 amide bonds. The van der Waals surface area contributed by atoms with Gasteiger partial charge in [0.15, 0.2) is 0 Å². The zero-order valence-electron chi connectivity index (χ0n) is 15.8. The Morgan fingerprint density at radius 2 is 1.38 bits per heavy atom. The fraction of sp³-hybridized carbons (Fsp3) is 0.619. The summed E-state index contributed by atoms with van der Waals surface area (Å²) in [6, 6.07) is 6.11. The molecule has 5 heteroatoms. The van der Waals surface area contributed by atoms with Gasteiger partial charge in [0.25, 0.3) is 0 Å². The molecule has 0 saturated heterocycles. The Hall–Kier alpha value is -1.91. The lowest BCUT2D eigenvalue weighted by molar-refractivity contribution is -0.145. The zero-order chi connectivity index (χ0) is 19.0. The summed E-state index contributed by atoms with van der Waals surface area (Å²) in [7, 11) is 0. The molecule has 26 heavy (non-hydrogen) atoms. The second kappa shape index (κ2) is 14.3. The van der Waals surface area contributed by atoms with Crippen LogP contribution in [0.3, 0.4) is 0 Å². The second-order valence-corrected chi connectivity index (χ2v) is 6.44. The molecule has 0 N–H and O–H groups in total. The molecule has 0 spiro atoms. The van der Waals surface area contributed by atoms with E-state index in [4.69, 9.17) is 9.47 Å². The third kappa shape index (κ3) is 11.6. The normalized spacial score (nSPS) is 10.5. The van der Waals surface area contributed by atoms with Crippen LogP contribution in [0.2, 0.25) is 0 Å². The largest absolute Gasteiger partial charge is 0.466 e. The Bertz CT molecular complexity index is 513. The van der Waals surface area contributed by atoms with Gasteiger partial charge in [-0.2, -0.15) is 0 Å². The maximum absolute atomic E-state index is 12.8. The van der Waals surface area contributed by atoms with Crippen LogP contribution in [0.1, 0.15) is 70.3 Å². The van der Waals surface area contributed by atoms with E-state index in [1.165, 1.54) is 37.8 Å². The molecule has 0 aromatic heterocycles. The van der Waals surface area contributed by atoms with E-state index in [1.54, 1.807) is 12.1 Å². The van der Waals surface area contributed by atoms with Crippen LogP contribution in [0.5, 0.6) is 0 Å². The van der Waals surface area contributed by atoms with Crippen LogP contribution in [-0.4, -0.2) is 25.2 Å². The molecule has 1 aromatic rings. The zero-order valence-corrected chi connectivity index (χ0v) is 15.8. The lowest BCUT2D eigenvalue weighted by atomic mass is 10.1. The molecule has 4 nitrogen and oxygen atoms in total. The summed E-state index contributed by atoms with van der Waals surface area (Å²) in [6.45, 7) is 2.91. The molecule has 0 aliphatic rings. The monoisotopic (exact) mass is 366 g/mol. The summed E-state index contributed by atoms with van der Waals surface area (Å²) >= 11 is 0. The SMILES string of the molecule is CCCCCCCCOC(=O)CCCC(=O)OCCc1ccc(F)cc1.